The molecule has 166 valence electrons. The van der Waals surface area contributed by atoms with Crippen molar-refractivity contribution in [2.45, 2.75) is 17.7 Å². The summed E-state index contributed by atoms with van der Waals surface area (Å²) < 4.78 is 40.7. The average Bonchev–Trinajstić information content (AvgIpc) is 3.12. The number of rotatable bonds is 13. The lowest BCUT2D eigenvalue weighted by Crippen LogP contribution is -2.09. The number of hydrogen-bond donors (Lipinski definition) is 3. The third kappa shape index (κ3) is 9.09. The highest BCUT2D eigenvalue weighted by Gasteiger charge is 2.09. The van der Waals surface area contributed by atoms with Crippen LogP contribution in [0.25, 0.3) is 0 Å². The quantitative estimate of drug-likeness (QED) is 0.0535. The Kier molecular flexibility index (Phi) is 10.2. The monoisotopic (exact) mass is 497 g/mol. The van der Waals surface area contributed by atoms with Crippen LogP contribution in [0.4, 0.5) is 16.5 Å². The van der Waals surface area contributed by atoms with Gasteiger partial charge in [0, 0.05) is 29.6 Å². The fraction of sp³-hybridized carbons (Fsp3) is 0.429. The number of thioether (sulfide) groups is 1. The molecule has 1 aromatic carbocycles. The summed E-state index contributed by atoms with van der Waals surface area (Å²) in [5.41, 5.74) is 7.58. The van der Waals surface area contributed by atoms with Crippen molar-refractivity contribution < 1.29 is 32.3 Å². The molecular formula is C14H19N5O7S4. The molecule has 0 unspecified atom stereocenters. The third-order valence-electron chi connectivity index (χ3n) is 3.24. The third-order valence-corrected chi connectivity index (χ3v) is 6.78. The molecular weight excluding hydrogens is 478 g/mol. The minimum Gasteiger partial charge on any atom is -0.491 e. The number of aromatic nitrogens is 2. The van der Waals surface area contributed by atoms with Gasteiger partial charge in [-0.3, -0.25) is 4.55 Å². The van der Waals surface area contributed by atoms with Gasteiger partial charge in [-0.15, -0.1) is 24.8 Å². The molecule has 2 aromatic rings. The van der Waals surface area contributed by atoms with Crippen molar-refractivity contribution in [3.05, 3.63) is 17.7 Å². The number of nitrogen functional groups attached to an aromatic ring is 1. The van der Waals surface area contributed by atoms with Gasteiger partial charge >= 0.3 is 0 Å². The Hall–Kier alpha value is -1.53. The van der Waals surface area contributed by atoms with Gasteiger partial charge in [0.2, 0.25) is 0 Å². The van der Waals surface area contributed by atoms with Gasteiger partial charge in [-0.1, -0.05) is 28.1 Å². The SMILES string of the molecule is Cc1cc(N)c(OCCCS(=O)(=O)O)cc1N=Nc1nnc(SCCSOOO)s1. The molecule has 30 heavy (non-hydrogen) atoms. The maximum Gasteiger partial charge on any atom is 0.264 e. The topological polar surface area (TPSA) is 179 Å². The lowest BCUT2D eigenvalue weighted by molar-refractivity contribution is -0.432. The van der Waals surface area contributed by atoms with Crippen LogP contribution in [0.2, 0.25) is 0 Å². The molecule has 0 aliphatic carbocycles. The van der Waals surface area contributed by atoms with Gasteiger partial charge in [-0.2, -0.15) is 8.42 Å². The summed E-state index contributed by atoms with van der Waals surface area (Å²) in [6, 6.07) is 3.27. The number of hydrogen-bond acceptors (Lipinski definition) is 14. The van der Waals surface area contributed by atoms with Crippen molar-refractivity contribution in [1.82, 2.24) is 10.2 Å². The summed E-state index contributed by atoms with van der Waals surface area (Å²) in [6.07, 6.45) is 0.117. The molecule has 16 heteroatoms. The van der Waals surface area contributed by atoms with Gasteiger partial charge in [-0.25, -0.2) is 5.26 Å². The molecule has 0 fully saturated rings. The smallest absolute Gasteiger partial charge is 0.264 e. The molecule has 12 nitrogen and oxygen atoms in total. The molecule has 0 radical (unpaired) electrons. The van der Waals surface area contributed by atoms with Crippen molar-refractivity contribution in [3.63, 3.8) is 0 Å². The van der Waals surface area contributed by atoms with Crippen LogP contribution >= 0.6 is 35.1 Å². The summed E-state index contributed by atoms with van der Waals surface area (Å²) in [7, 11) is -4.03. The van der Waals surface area contributed by atoms with Gasteiger partial charge in [0.25, 0.3) is 15.2 Å². The van der Waals surface area contributed by atoms with Crippen molar-refractivity contribution in [2.75, 3.05) is 29.6 Å². The molecule has 0 aliphatic rings. The van der Waals surface area contributed by atoms with Crippen LogP contribution in [0.3, 0.4) is 0 Å². The van der Waals surface area contributed by atoms with Gasteiger partial charge in [0.15, 0.2) is 4.34 Å². The first-order valence-electron chi connectivity index (χ1n) is 8.24. The Labute approximate surface area is 185 Å². The first-order chi connectivity index (χ1) is 14.3. The summed E-state index contributed by atoms with van der Waals surface area (Å²) in [4.78, 5) is 0. The highest BCUT2D eigenvalue weighted by atomic mass is 32.2. The largest absolute Gasteiger partial charge is 0.491 e. The van der Waals surface area contributed by atoms with E-state index in [0.717, 1.165) is 17.6 Å². The minimum atomic E-state index is -4.03. The Bertz CT molecular complexity index is 954. The molecule has 0 saturated heterocycles. The molecule has 0 saturated carbocycles. The Balaban J connectivity index is 1.94. The summed E-state index contributed by atoms with van der Waals surface area (Å²) in [6.45, 7) is 1.87. The molecule has 0 atom stereocenters. The molecule has 0 aliphatic heterocycles. The van der Waals surface area contributed by atoms with Crippen LogP contribution in [-0.4, -0.2) is 52.3 Å². The zero-order valence-corrected chi connectivity index (χ0v) is 18.9. The molecule has 0 amide bonds. The van der Waals surface area contributed by atoms with Crippen molar-refractivity contribution in [1.29, 1.82) is 0 Å². The van der Waals surface area contributed by atoms with Gasteiger partial charge in [0.1, 0.15) is 5.75 Å². The fourth-order valence-electron chi connectivity index (χ4n) is 1.97. The maximum atomic E-state index is 10.7. The Morgan fingerprint density at radius 3 is 2.80 bits per heavy atom. The van der Waals surface area contributed by atoms with Crippen molar-refractivity contribution in [2.24, 2.45) is 10.2 Å². The highest BCUT2D eigenvalue weighted by Crippen LogP contribution is 2.33. The molecule has 0 bridgehead atoms. The van der Waals surface area contributed by atoms with E-state index in [1.165, 1.54) is 23.1 Å². The standard InChI is InChI=1S/C14H19N5O7S4/c1-9-7-10(15)12(24-3-2-6-30(21,22)23)8-11(9)16-17-13-18-19-14(29-13)27-4-5-28-26-25-20/h7-8,20H,2-6,15H2,1H3,(H,21,22,23). The second-order valence-electron chi connectivity index (χ2n) is 5.53. The predicted molar refractivity (Wildman–Crippen MR) is 114 cm³/mol. The summed E-state index contributed by atoms with van der Waals surface area (Å²) in [5.74, 6) is 1.17. The number of nitrogens with zero attached hydrogens (tertiary/aromatic N) is 4. The number of nitrogens with two attached hydrogens (primary N) is 1. The van der Waals surface area contributed by atoms with E-state index < -0.39 is 15.9 Å². The van der Waals surface area contributed by atoms with Crippen molar-refractivity contribution in [3.8, 4) is 5.75 Å². The lowest BCUT2D eigenvalue weighted by Gasteiger charge is -2.10. The van der Waals surface area contributed by atoms with E-state index in [9.17, 15) is 8.42 Å². The lowest BCUT2D eigenvalue weighted by atomic mass is 10.1. The normalized spacial score (nSPS) is 12.0. The molecule has 4 N–H and O–H groups in total. The second-order valence-corrected chi connectivity index (χ2v) is 10.2. The highest BCUT2D eigenvalue weighted by molar-refractivity contribution is 8.02. The fourth-order valence-corrected chi connectivity index (χ4v) is 4.56. The van der Waals surface area contributed by atoms with Crippen LogP contribution in [0.5, 0.6) is 5.75 Å². The molecule has 0 spiro atoms. The van der Waals surface area contributed by atoms with Crippen LogP contribution in [-0.2, 0) is 19.5 Å². The van der Waals surface area contributed by atoms with Crippen molar-refractivity contribution >= 4 is 61.8 Å². The number of azo groups is 1. The zero-order valence-electron chi connectivity index (χ0n) is 15.6. The second kappa shape index (κ2) is 12.4. The first-order valence-corrected chi connectivity index (χ1v) is 12.6. The minimum absolute atomic E-state index is 0.0639. The zero-order chi connectivity index (χ0) is 22.0. The molecule has 2 rings (SSSR count). The predicted octanol–water partition coefficient (Wildman–Crippen LogP) is 3.66. The summed E-state index contributed by atoms with van der Waals surface area (Å²) >= 11 is 3.66. The first kappa shape index (κ1) is 24.7. The number of anilines is 1. The maximum absolute atomic E-state index is 10.7. The van der Waals surface area contributed by atoms with E-state index >= 15 is 0 Å². The molecule has 1 aromatic heterocycles. The van der Waals surface area contributed by atoms with Gasteiger partial charge < -0.3 is 10.5 Å². The Morgan fingerprint density at radius 1 is 1.27 bits per heavy atom. The van der Waals surface area contributed by atoms with Gasteiger partial charge in [0.05, 0.1) is 23.7 Å². The van der Waals surface area contributed by atoms with Crippen LogP contribution in [0.15, 0.2) is 26.7 Å². The number of benzene rings is 1. The van der Waals surface area contributed by atoms with E-state index in [4.69, 9.17) is 20.3 Å². The number of aryl methyl sites for hydroxylation is 1. The van der Waals surface area contributed by atoms with E-state index in [2.05, 4.69) is 29.8 Å². The van der Waals surface area contributed by atoms with Crippen LogP contribution < -0.4 is 10.5 Å². The Morgan fingerprint density at radius 2 is 2.07 bits per heavy atom. The van der Waals surface area contributed by atoms with Crippen LogP contribution in [0.1, 0.15) is 12.0 Å². The number of ether oxygens (including phenoxy) is 1. The van der Waals surface area contributed by atoms with E-state index in [0.29, 0.717) is 38.1 Å². The van der Waals surface area contributed by atoms with Gasteiger partial charge in [-0.05, 0) is 25.0 Å². The molecule has 1 heterocycles. The van der Waals surface area contributed by atoms with E-state index in [-0.39, 0.29) is 13.0 Å². The summed E-state index contributed by atoms with van der Waals surface area (Å²) in [5, 5.41) is 28.1. The van der Waals surface area contributed by atoms with E-state index in [1.807, 2.05) is 6.92 Å². The van der Waals surface area contributed by atoms with E-state index in [1.54, 1.807) is 12.1 Å². The average molecular weight is 498 g/mol. The van der Waals surface area contributed by atoms with Crippen LogP contribution in [0, 0.1) is 6.92 Å².